The molecule has 0 N–H and O–H groups in total. The number of benzene rings is 4. The third kappa shape index (κ3) is 3.09. The molecule has 4 aromatic carbocycles. The van der Waals surface area contributed by atoms with E-state index in [4.69, 9.17) is 0 Å². The summed E-state index contributed by atoms with van der Waals surface area (Å²) in [5.41, 5.74) is 8.12. The molecule has 148 valence electrons. The zero-order valence-corrected chi connectivity index (χ0v) is 17.6. The van der Waals surface area contributed by atoms with Gasteiger partial charge < -0.3 is 4.90 Å². The van der Waals surface area contributed by atoms with Crippen LogP contribution in [0.25, 0.3) is 10.8 Å². The van der Waals surface area contributed by atoms with Crippen LogP contribution in [0.15, 0.2) is 78.9 Å². The topological polar surface area (TPSA) is 20.3 Å². The first-order chi connectivity index (χ1) is 14.4. The van der Waals surface area contributed by atoms with Gasteiger partial charge in [0.25, 0.3) is 0 Å². The quantitative estimate of drug-likeness (QED) is 0.294. The minimum atomic E-state index is 0.0910. The van der Waals surface area contributed by atoms with Gasteiger partial charge in [0.1, 0.15) is 6.29 Å². The number of anilines is 3. The molecule has 0 spiro atoms. The second-order valence-electron chi connectivity index (χ2n) is 9.14. The summed E-state index contributed by atoms with van der Waals surface area (Å²) >= 11 is 0. The Kier molecular flexibility index (Phi) is 4.25. The van der Waals surface area contributed by atoms with Crippen molar-refractivity contribution in [2.24, 2.45) is 0 Å². The van der Waals surface area contributed by atoms with Crippen molar-refractivity contribution < 1.29 is 4.79 Å². The van der Waals surface area contributed by atoms with Gasteiger partial charge in [0.05, 0.1) is 0 Å². The Morgan fingerprint density at radius 1 is 0.767 bits per heavy atom. The van der Waals surface area contributed by atoms with Crippen molar-refractivity contribution in [3.63, 3.8) is 0 Å². The lowest BCUT2D eigenvalue weighted by molar-refractivity contribution is 0.112. The van der Waals surface area contributed by atoms with Crippen molar-refractivity contribution >= 4 is 34.1 Å². The van der Waals surface area contributed by atoms with Gasteiger partial charge in [0.2, 0.25) is 0 Å². The van der Waals surface area contributed by atoms with Gasteiger partial charge in [0.15, 0.2) is 0 Å². The molecule has 1 heterocycles. The van der Waals surface area contributed by atoms with Crippen molar-refractivity contribution in [3.8, 4) is 0 Å². The van der Waals surface area contributed by atoms with Crippen LogP contribution in [0.3, 0.4) is 0 Å². The van der Waals surface area contributed by atoms with Crippen LogP contribution in [0.1, 0.15) is 47.8 Å². The summed E-state index contributed by atoms with van der Waals surface area (Å²) in [4.78, 5) is 13.7. The smallest absolute Gasteiger partial charge is 0.150 e. The molecular weight excluding hydrogens is 366 g/mol. The van der Waals surface area contributed by atoms with E-state index in [1.165, 1.54) is 33.2 Å². The second kappa shape index (κ2) is 6.84. The molecule has 0 radical (unpaired) electrons. The maximum absolute atomic E-state index is 11.4. The van der Waals surface area contributed by atoms with Gasteiger partial charge in [-0.1, -0.05) is 63.2 Å². The van der Waals surface area contributed by atoms with E-state index in [2.05, 4.69) is 92.4 Å². The number of carbonyl (C=O) groups is 1. The number of rotatable bonds is 2. The second-order valence-corrected chi connectivity index (χ2v) is 9.14. The largest absolute Gasteiger partial charge is 0.310 e. The van der Waals surface area contributed by atoms with Gasteiger partial charge in [-0.15, -0.1) is 0 Å². The van der Waals surface area contributed by atoms with Crippen molar-refractivity contribution in [2.45, 2.75) is 32.6 Å². The minimum Gasteiger partial charge on any atom is -0.310 e. The van der Waals surface area contributed by atoms with Gasteiger partial charge in [0, 0.05) is 29.0 Å². The Morgan fingerprint density at radius 2 is 1.47 bits per heavy atom. The summed E-state index contributed by atoms with van der Waals surface area (Å²) in [6.07, 6.45) is 1.77. The maximum Gasteiger partial charge on any atom is 0.150 e. The van der Waals surface area contributed by atoms with E-state index in [9.17, 15) is 4.79 Å². The van der Waals surface area contributed by atoms with Crippen LogP contribution in [0.5, 0.6) is 0 Å². The van der Waals surface area contributed by atoms with Crippen LogP contribution < -0.4 is 4.90 Å². The predicted molar refractivity (Wildman–Crippen MR) is 126 cm³/mol. The molecule has 0 fully saturated rings. The van der Waals surface area contributed by atoms with E-state index in [-0.39, 0.29) is 5.41 Å². The van der Waals surface area contributed by atoms with E-state index >= 15 is 0 Å². The van der Waals surface area contributed by atoms with E-state index in [1.807, 2.05) is 12.1 Å². The highest BCUT2D eigenvalue weighted by Crippen LogP contribution is 2.45. The Hall–Kier alpha value is -3.39. The van der Waals surface area contributed by atoms with Crippen LogP contribution in [-0.2, 0) is 11.8 Å². The number of hydrogen-bond donors (Lipinski definition) is 0. The molecule has 0 unspecified atom stereocenters. The minimum absolute atomic E-state index is 0.0910. The van der Waals surface area contributed by atoms with Gasteiger partial charge in [-0.2, -0.15) is 0 Å². The lowest BCUT2D eigenvalue weighted by Crippen LogP contribution is -2.20. The summed E-state index contributed by atoms with van der Waals surface area (Å²) in [6.45, 7) is 6.74. The molecule has 2 heteroatoms. The molecule has 1 aliphatic rings. The molecule has 0 amide bonds. The zero-order valence-electron chi connectivity index (χ0n) is 17.6. The van der Waals surface area contributed by atoms with E-state index in [0.29, 0.717) is 0 Å². The van der Waals surface area contributed by atoms with Gasteiger partial charge in [-0.3, -0.25) is 4.79 Å². The first-order valence-corrected chi connectivity index (χ1v) is 10.4. The third-order valence-electron chi connectivity index (χ3n) is 6.04. The summed E-state index contributed by atoms with van der Waals surface area (Å²) in [5, 5.41) is 2.46. The van der Waals surface area contributed by atoms with E-state index in [0.717, 1.165) is 29.6 Å². The number of aldehydes is 1. The summed E-state index contributed by atoms with van der Waals surface area (Å²) in [5.74, 6) is 0. The molecule has 1 aliphatic heterocycles. The Labute approximate surface area is 177 Å². The van der Waals surface area contributed by atoms with Crippen molar-refractivity contribution in [1.29, 1.82) is 0 Å². The number of carbonyl (C=O) groups excluding carboxylic acids is 1. The Morgan fingerprint density at radius 3 is 2.20 bits per heavy atom. The van der Waals surface area contributed by atoms with Gasteiger partial charge in [-0.05, 0) is 69.3 Å². The average molecular weight is 392 g/mol. The van der Waals surface area contributed by atoms with Gasteiger partial charge in [-0.25, -0.2) is 0 Å². The molecule has 0 saturated heterocycles. The van der Waals surface area contributed by atoms with Crippen LogP contribution in [0.2, 0.25) is 0 Å². The lowest BCUT2D eigenvalue weighted by Gasteiger charge is -2.35. The fourth-order valence-electron chi connectivity index (χ4n) is 4.38. The molecule has 0 bridgehead atoms. The third-order valence-corrected chi connectivity index (χ3v) is 6.04. The number of hydrogen-bond acceptors (Lipinski definition) is 2. The Balaban J connectivity index is 1.74. The first-order valence-electron chi connectivity index (χ1n) is 10.4. The standard InChI is InChI=1S/C28H25NO/c1-28(2,3)24-10-13-27-23(16-24)15-22-14-19(18-30)8-12-26(22)29(27)25-11-9-20-6-4-5-7-21(20)17-25/h4-14,16-18H,15H2,1-3H3. The van der Waals surface area contributed by atoms with E-state index in [1.54, 1.807) is 0 Å². The molecule has 0 atom stereocenters. The molecule has 5 rings (SSSR count). The highest BCUT2D eigenvalue weighted by molar-refractivity contribution is 5.92. The average Bonchev–Trinajstić information content (AvgIpc) is 2.75. The fraction of sp³-hybridized carbons (Fsp3) is 0.179. The number of fused-ring (bicyclic) bond motifs is 3. The molecule has 0 aliphatic carbocycles. The summed E-state index contributed by atoms with van der Waals surface area (Å²) < 4.78 is 0. The lowest BCUT2D eigenvalue weighted by atomic mass is 9.83. The highest BCUT2D eigenvalue weighted by atomic mass is 16.1. The molecule has 30 heavy (non-hydrogen) atoms. The molecule has 4 aromatic rings. The van der Waals surface area contributed by atoms with Crippen LogP contribution >= 0.6 is 0 Å². The normalized spacial score (nSPS) is 13.1. The van der Waals surface area contributed by atoms with Crippen molar-refractivity contribution in [3.05, 3.63) is 101 Å². The van der Waals surface area contributed by atoms with E-state index < -0.39 is 0 Å². The molecular formula is C28H25NO. The van der Waals surface area contributed by atoms with Crippen molar-refractivity contribution in [2.75, 3.05) is 4.90 Å². The molecule has 2 nitrogen and oxygen atoms in total. The van der Waals surface area contributed by atoms with Crippen LogP contribution in [0, 0.1) is 0 Å². The van der Waals surface area contributed by atoms with Crippen LogP contribution in [0.4, 0.5) is 17.1 Å². The monoisotopic (exact) mass is 391 g/mol. The molecule has 0 aromatic heterocycles. The molecule has 0 saturated carbocycles. The van der Waals surface area contributed by atoms with Gasteiger partial charge >= 0.3 is 0 Å². The summed E-state index contributed by atoms with van der Waals surface area (Å²) in [7, 11) is 0. The summed E-state index contributed by atoms with van der Waals surface area (Å²) in [6, 6.07) is 27.9. The Bertz CT molecular complexity index is 1280. The maximum atomic E-state index is 11.4. The predicted octanol–water partition coefficient (Wildman–Crippen LogP) is 7.32. The van der Waals surface area contributed by atoms with Crippen LogP contribution in [-0.4, -0.2) is 6.29 Å². The number of nitrogens with zero attached hydrogens (tertiary/aromatic N) is 1. The zero-order chi connectivity index (χ0) is 20.9. The highest BCUT2D eigenvalue weighted by Gasteiger charge is 2.26. The fourth-order valence-corrected chi connectivity index (χ4v) is 4.38. The van der Waals surface area contributed by atoms with Crippen molar-refractivity contribution in [1.82, 2.24) is 0 Å². The SMILES string of the molecule is CC(C)(C)c1ccc2c(c1)Cc1cc(C=O)ccc1N2c1ccc2ccccc2c1. The first kappa shape index (κ1) is 18.6.